The summed E-state index contributed by atoms with van der Waals surface area (Å²) in [5.41, 5.74) is 6.62. The number of nitrogens with zero attached hydrogens (tertiary/aromatic N) is 1. The molecule has 2 rings (SSSR count). The van der Waals surface area contributed by atoms with Crippen molar-refractivity contribution in [2.24, 2.45) is 5.73 Å². The van der Waals surface area contributed by atoms with Gasteiger partial charge >= 0.3 is 5.97 Å². The zero-order valence-electron chi connectivity index (χ0n) is 11.7. The van der Waals surface area contributed by atoms with Crippen LogP contribution in [-0.2, 0) is 10.3 Å². The minimum atomic E-state index is -0.351. The predicted molar refractivity (Wildman–Crippen MR) is 76.4 cm³/mol. The van der Waals surface area contributed by atoms with Gasteiger partial charge in [0.1, 0.15) is 5.01 Å². The third-order valence-electron chi connectivity index (χ3n) is 3.69. The minimum absolute atomic E-state index is 0.334. The standard InChI is InChI=1S/C14H22N2O2S/c1-3-18-12(17)11-10(2)19-13(16-11)14(15)8-6-4-5-7-9-14/h3-9,15H2,1-2H3. The van der Waals surface area contributed by atoms with Crippen molar-refractivity contribution in [3.63, 3.8) is 0 Å². The Morgan fingerprint density at radius 1 is 1.37 bits per heavy atom. The van der Waals surface area contributed by atoms with Crippen molar-refractivity contribution < 1.29 is 9.53 Å². The molecule has 1 aromatic rings. The van der Waals surface area contributed by atoms with Gasteiger partial charge in [0.15, 0.2) is 5.69 Å². The molecule has 1 aromatic heterocycles. The van der Waals surface area contributed by atoms with Crippen LogP contribution in [0, 0.1) is 6.92 Å². The third-order valence-corrected chi connectivity index (χ3v) is 4.88. The van der Waals surface area contributed by atoms with Crippen LogP contribution in [0.1, 0.15) is 65.8 Å². The lowest BCUT2D eigenvalue weighted by molar-refractivity contribution is 0.0519. The van der Waals surface area contributed by atoms with Crippen molar-refractivity contribution in [2.45, 2.75) is 57.9 Å². The summed E-state index contributed by atoms with van der Waals surface area (Å²) in [6.07, 6.45) is 6.69. The first kappa shape index (κ1) is 14.5. The zero-order chi connectivity index (χ0) is 13.9. The Bertz CT molecular complexity index is 448. The maximum atomic E-state index is 11.8. The topological polar surface area (TPSA) is 65.2 Å². The molecule has 19 heavy (non-hydrogen) atoms. The number of esters is 1. The molecule has 0 bridgehead atoms. The molecule has 5 heteroatoms. The van der Waals surface area contributed by atoms with Crippen LogP contribution in [0.2, 0.25) is 0 Å². The summed E-state index contributed by atoms with van der Waals surface area (Å²) in [4.78, 5) is 17.2. The monoisotopic (exact) mass is 282 g/mol. The Morgan fingerprint density at radius 3 is 2.58 bits per heavy atom. The number of hydrogen-bond acceptors (Lipinski definition) is 5. The molecule has 0 unspecified atom stereocenters. The van der Waals surface area contributed by atoms with Crippen LogP contribution in [0.4, 0.5) is 0 Å². The van der Waals surface area contributed by atoms with Gasteiger partial charge < -0.3 is 10.5 Å². The summed E-state index contributed by atoms with van der Waals surface area (Å²) in [5, 5.41) is 0.898. The van der Waals surface area contributed by atoms with Crippen LogP contribution in [0.3, 0.4) is 0 Å². The maximum absolute atomic E-state index is 11.8. The van der Waals surface area contributed by atoms with Gasteiger partial charge in [-0.15, -0.1) is 11.3 Å². The summed E-state index contributed by atoms with van der Waals surface area (Å²) in [6, 6.07) is 0. The Hall–Kier alpha value is -0.940. The SMILES string of the molecule is CCOC(=O)c1nc(C2(N)CCCCCC2)sc1C. The minimum Gasteiger partial charge on any atom is -0.461 e. The van der Waals surface area contributed by atoms with Crippen molar-refractivity contribution in [2.75, 3.05) is 6.61 Å². The number of aryl methyl sites for hydroxylation is 1. The van der Waals surface area contributed by atoms with E-state index in [-0.39, 0.29) is 11.5 Å². The molecule has 1 saturated carbocycles. The third kappa shape index (κ3) is 3.15. The zero-order valence-corrected chi connectivity index (χ0v) is 12.5. The van der Waals surface area contributed by atoms with Crippen LogP contribution in [-0.4, -0.2) is 17.6 Å². The van der Waals surface area contributed by atoms with Gasteiger partial charge in [0.2, 0.25) is 0 Å². The van der Waals surface area contributed by atoms with Crippen LogP contribution in [0.5, 0.6) is 0 Å². The van der Waals surface area contributed by atoms with Crippen LogP contribution < -0.4 is 5.73 Å². The Kier molecular flexibility index (Phi) is 4.58. The number of carbonyl (C=O) groups excluding carboxylic acids is 1. The van der Waals surface area contributed by atoms with Gasteiger partial charge in [-0.1, -0.05) is 25.7 Å². The molecule has 0 radical (unpaired) electrons. The van der Waals surface area contributed by atoms with Gasteiger partial charge in [-0.25, -0.2) is 9.78 Å². The molecule has 0 saturated heterocycles. The number of carbonyl (C=O) groups is 1. The van der Waals surface area contributed by atoms with Gasteiger partial charge in [-0.05, 0) is 26.7 Å². The van der Waals surface area contributed by atoms with E-state index in [9.17, 15) is 4.79 Å². The highest BCUT2D eigenvalue weighted by Gasteiger charge is 2.33. The van der Waals surface area contributed by atoms with Gasteiger partial charge in [0, 0.05) is 4.88 Å². The molecule has 1 fully saturated rings. The first-order chi connectivity index (χ1) is 9.07. The number of ether oxygens (including phenoxy) is 1. The van der Waals surface area contributed by atoms with Crippen LogP contribution in [0.15, 0.2) is 0 Å². The lowest BCUT2D eigenvalue weighted by atomic mass is 9.92. The molecular weight excluding hydrogens is 260 g/mol. The lowest BCUT2D eigenvalue weighted by Crippen LogP contribution is -2.36. The van der Waals surface area contributed by atoms with Crippen molar-refractivity contribution in [3.05, 3.63) is 15.6 Å². The summed E-state index contributed by atoms with van der Waals surface area (Å²) in [7, 11) is 0. The fraction of sp³-hybridized carbons (Fsp3) is 0.714. The van der Waals surface area contributed by atoms with Crippen molar-refractivity contribution in [1.82, 2.24) is 4.98 Å². The van der Waals surface area contributed by atoms with Crippen molar-refractivity contribution in [3.8, 4) is 0 Å². The van der Waals surface area contributed by atoms with Gasteiger partial charge in [-0.3, -0.25) is 0 Å². The van der Waals surface area contributed by atoms with Gasteiger partial charge in [0.25, 0.3) is 0 Å². The fourth-order valence-electron chi connectivity index (χ4n) is 2.57. The first-order valence-electron chi connectivity index (χ1n) is 7.01. The summed E-state index contributed by atoms with van der Waals surface area (Å²) >= 11 is 1.55. The van der Waals surface area contributed by atoms with E-state index in [0.717, 1.165) is 35.6 Å². The molecular formula is C14H22N2O2S. The molecule has 0 aromatic carbocycles. The highest BCUT2D eigenvalue weighted by atomic mass is 32.1. The van der Waals surface area contributed by atoms with Crippen molar-refractivity contribution in [1.29, 1.82) is 0 Å². The average molecular weight is 282 g/mol. The van der Waals surface area contributed by atoms with E-state index < -0.39 is 0 Å². The Labute approximate surface area is 118 Å². The summed E-state index contributed by atoms with van der Waals surface area (Å²) in [6.45, 7) is 4.09. The summed E-state index contributed by atoms with van der Waals surface area (Å²) < 4.78 is 5.03. The highest BCUT2D eigenvalue weighted by Crippen LogP contribution is 2.36. The van der Waals surface area contributed by atoms with Gasteiger partial charge in [0.05, 0.1) is 12.1 Å². The quantitative estimate of drug-likeness (QED) is 0.683. The number of thiazole rings is 1. The predicted octanol–water partition coefficient (Wildman–Crippen LogP) is 3.14. The summed E-state index contributed by atoms with van der Waals surface area (Å²) in [5.74, 6) is -0.334. The number of aromatic nitrogens is 1. The molecule has 0 spiro atoms. The lowest BCUT2D eigenvalue weighted by Gasteiger charge is -2.25. The molecule has 1 aliphatic carbocycles. The number of hydrogen-bond donors (Lipinski definition) is 1. The smallest absolute Gasteiger partial charge is 0.358 e. The molecule has 0 atom stereocenters. The van der Waals surface area contributed by atoms with E-state index in [4.69, 9.17) is 10.5 Å². The van der Waals surface area contributed by atoms with E-state index in [2.05, 4.69) is 4.98 Å². The van der Waals surface area contributed by atoms with E-state index in [0.29, 0.717) is 12.3 Å². The van der Waals surface area contributed by atoms with Crippen molar-refractivity contribution >= 4 is 17.3 Å². The molecule has 4 nitrogen and oxygen atoms in total. The Morgan fingerprint density at radius 2 is 2.00 bits per heavy atom. The Balaban J connectivity index is 2.25. The normalized spacial score (nSPS) is 18.9. The highest BCUT2D eigenvalue weighted by molar-refractivity contribution is 7.12. The second-order valence-corrected chi connectivity index (χ2v) is 6.42. The molecule has 2 N–H and O–H groups in total. The second kappa shape index (κ2) is 6.01. The molecule has 0 aliphatic heterocycles. The number of nitrogens with two attached hydrogens (primary N) is 1. The largest absolute Gasteiger partial charge is 0.461 e. The van der Waals surface area contributed by atoms with E-state index >= 15 is 0 Å². The molecule has 1 heterocycles. The molecule has 0 amide bonds. The number of rotatable bonds is 3. The van der Waals surface area contributed by atoms with E-state index in [1.54, 1.807) is 18.3 Å². The maximum Gasteiger partial charge on any atom is 0.358 e. The van der Waals surface area contributed by atoms with Crippen LogP contribution in [0.25, 0.3) is 0 Å². The van der Waals surface area contributed by atoms with E-state index in [1.807, 2.05) is 6.92 Å². The average Bonchev–Trinajstić information content (AvgIpc) is 2.63. The fourth-order valence-corrected chi connectivity index (χ4v) is 3.63. The first-order valence-corrected chi connectivity index (χ1v) is 7.82. The molecule has 1 aliphatic rings. The van der Waals surface area contributed by atoms with E-state index in [1.165, 1.54) is 12.8 Å². The van der Waals surface area contributed by atoms with Crippen LogP contribution >= 0.6 is 11.3 Å². The molecule has 106 valence electrons. The second-order valence-electron chi connectivity index (χ2n) is 5.21. The van der Waals surface area contributed by atoms with Gasteiger partial charge in [-0.2, -0.15) is 0 Å².